The largest absolute Gasteiger partial charge is 0.391 e. The molecule has 0 aliphatic heterocycles. The van der Waals surface area contributed by atoms with Crippen molar-refractivity contribution in [3.05, 3.63) is 27.9 Å². The van der Waals surface area contributed by atoms with E-state index in [1.165, 1.54) is 4.57 Å². The van der Waals surface area contributed by atoms with Gasteiger partial charge in [0.2, 0.25) is 0 Å². The summed E-state index contributed by atoms with van der Waals surface area (Å²) in [6, 6.07) is 1.84. The Morgan fingerprint density at radius 1 is 1.44 bits per heavy atom. The molecule has 0 aromatic carbocycles. The number of aryl methyl sites for hydroxylation is 2. The number of nitrogens with zero attached hydrogens (tertiary/aromatic N) is 2. The first kappa shape index (κ1) is 12.9. The van der Waals surface area contributed by atoms with Gasteiger partial charge in [0.15, 0.2) is 0 Å². The van der Waals surface area contributed by atoms with Gasteiger partial charge in [0.1, 0.15) is 0 Å². The van der Waals surface area contributed by atoms with Gasteiger partial charge in [-0.15, -0.1) is 0 Å². The molecular weight excluding hydrogens is 204 g/mol. The van der Waals surface area contributed by atoms with Gasteiger partial charge in [0, 0.05) is 11.4 Å². The van der Waals surface area contributed by atoms with Crippen LogP contribution < -0.4 is 5.69 Å². The Balaban J connectivity index is 3.03. The Morgan fingerprint density at radius 2 is 2.00 bits per heavy atom. The van der Waals surface area contributed by atoms with E-state index in [2.05, 4.69) is 4.98 Å². The lowest BCUT2D eigenvalue weighted by atomic mass is 9.89. The van der Waals surface area contributed by atoms with Crippen LogP contribution in [-0.4, -0.2) is 20.8 Å². The number of hydrogen-bond acceptors (Lipinski definition) is 3. The van der Waals surface area contributed by atoms with Crippen LogP contribution in [0.3, 0.4) is 0 Å². The van der Waals surface area contributed by atoms with Crippen molar-refractivity contribution in [1.29, 1.82) is 0 Å². The first-order chi connectivity index (χ1) is 7.21. The van der Waals surface area contributed by atoms with Crippen LogP contribution in [0, 0.1) is 19.3 Å². The highest BCUT2D eigenvalue weighted by Crippen LogP contribution is 2.20. The van der Waals surface area contributed by atoms with Crippen molar-refractivity contribution >= 4 is 0 Å². The number of rotatable bonds is 2. The van der Waals surface area contributed by atoms with Crippen molar-refractivity contribution in [2.45, 2.75) is 47.3 Å². The minimum atomic E-state index is -0.562. The number of hydrogen-bond donors (Lipinski definition) is 1. The molecule has 90 valence electrons. The van der Waals surface area contributed by atoms with E-state index in [4.69, 9.17) is 0 Å². The van der Waals surface area contributed by atoms with Crippen molar-refractivity contribution in [3.8, 4) is 0 Å². The van der Waals surface area contributed by atoms with E-state index < -0.39 is 6.10 Å². The summed E-state index contributed by atoms with van der Waals surface area (Å²) in [5, 5.41) is 9.97. The molecule has 4 nitrogen and oxygen atoms in total. The summed E-state index contributed by atoms with van der Waals surface area (Å²) in [6.45, 7) is 9.77. The van der Waals surface area contributed by atoms with Crippen LogP contribution in [0.2, 0.25) is 0 Å². The van der Waals surface area contributed by atoms with Gasteiger partial charge < -0.3 is 5.11 Å². The standard InChI is InChI=1S/C12H20N2O2/c1-8-6-9(2)14(11(16)13-8)7-10(15)12(3,4)5/h6,10,15H,7H2,1-5H3. The van der Waals surface area contributed by atoms with Crippen LogP contribution in [-0.2, 0) is 6.54 Å². The highest BCUT2D eigenvalue weighted by atomic mass is 16.3. The van der Waals surface area contributed by atoms with Crippen molar-refractivity contribution in [1.82, 2.24) is 9.55 Å². The maximum Gasteiger partial charge on any atom is 0.348 e. The lowest BCUT2D eigenvalue weighted by Crippen LogP contribution is -2.36. The monoisotopic (exact) mass is 224 g/mol. The fourth-order valence-corrected chi connectivity index (χ4v) is 1.44. The second kappa shape index (κ2) is 4.37. The Bertz CT molecular complexity index is 430. The van der Waals surface area contributed by atoms with Gasteiger partial charge in [-0.1, -0.05) is 20.8 Å². The fraction of sp³-hybridized carbons (Fsp3) is 0.667. The Morgan fingerprint density at radius 3 is 2.44 bits per heavy atom. The fourth-order valence-electron chi connectivity index (χ4n) is 1.44. The van der Waals surface area contributed by atoms with Gasteiger partial charge in [-0.25, -0.2) is 4.79 Å². The van der Waals surface area contributed by atoms with Gasteiger partial charge in [-0.3, -0.25) is 4.57 Å². The second-order valence-electron chi connectivity index (χ2n) is 5.31. The smallest absolute Gasteiger partial charge is 0.348 e. The molecule has 0 aliphatic rings. The van der Waals surface area contributed by atoms with E-state index in [0.717, 1.165) is 5.69 Å². The SMILES string of the molecule is Cc1cc(C)n(CC(O)C(C)(C)C)c(=O)n1. The molecule has 1 aromatic rings. The molecule has 0 saturated carbocycles. The molecular formula is C12H20N2O2. The summed E-state index contributed by atoms with van der Waals surface area (Å²) >= 11 is 0. The zero-order chi connectivity index (χ0) is 12.5. The molecule has 0 fully saturated rings. The molecule has 0 saturated heterocycles. The molecule has 1 rings (SSSR count). The predicted molar refractivity (Wildman–Crippen MR) is 63.4 cm³/mol. The molecule has 1 unspecified atom stereocenters. The van der Waals surface area contributed by atoms with Gasteiger partial charge in [0.25, 0.3) is 0 Å². The molecule has 16 heavy (non-hydrogen) atoms. The summed E-state index contributed by atoms with van der Waals surface area (Å²) in [7, 11) is 0. The highest BCUT2D eigenvalue weighted by Gasteiger charge is 2.23. The molecule has 0 spiro atoms. The normalized spacial score (nSPS) is 13.9. The molecule has 0 bridgehead atoms. The quantitative estimate of drug-likeness (QED) is 0.823. The van der Waals surface area contributed by atoms with Crippen LogP contribution in [0.25, 0.3) is 0 Å². The maximum atomic E-state index is 11.7. The summed E-state index contributed by atoms with van der Waals surface area (Å²) in [5.41, 5.74) is 1.02. The summed E-state index contributed by atoms with van der Waals surface area (Å²) < 4.78 is 1.52. The average molecular weight is 224 g/mol. The molecule has 1 N–H and O–H groups in total. The van der Waals surface area contributed by atoms with Crippen LogP contribution in [0.5, 0.6) is 0 Å². The van der Waals surface area contributed by atoms with E-state index in [-0.39, 0.29) is 11.1 Å². The van der Waals surface area contributed by atoms with Gasteiger partial charge in [-0.05, 0) is 25.3 Å². The molecule has 1 heterocycles. The molecule has 0 amide bonds. The average Bonchev–Trinajstić information content (AvgIpc) is 2.08. The molecule has 4 heteroatoms. The topological polar surface area (TPSA) is 55.1 Å². The van der Waals surface area contributed by atoms with E-state index in [9.17, 15) is 9.90 Å². The summed E-state index contributed by atoms with van der Waals surface area (Å²) in [5.74, 6) is 0. The van der Waals surface area contributed by atoms with Crippen molar-refractivity contribution in [3.63, 3.8) is 0 Å². The number of aliphatic hydroxyl groups is 1. The molecule has 1 atom stereocenters. The van der Waals surface area contributed by atoms with Gasteiger partial charge in [-0.2, -0.15) is 4.98 Å². The van der Waals surface area contributed by atoms with E-state index in [0.29, 0.717) is 12.2 Å². The zero-order valence-electron chi connectivity index (χ0n) is 10.6. The molecule has 1 aromatic heterocycles. The van der Waals surface area contributed by atoms with Crippen molar-refractivity contribution < 1.29 is 5.11 Å². The summed E-state index contributed by atoms with van der Waals surface area (Å²) in [4.78, 5) is 15.5. The summed E-state index contributed by atoms with van der Waals surface area (Å²) in [6.07, 6.45) is -0.562. The first-order valence-corrected chi connectivity index (χ1v) is 5.45. The minimum absolute atomic E-state index is 0.239. The first-order valence-electron chi connectivity index (χ1n) is 5.45. The minimum Gasteiger partial charge on any atom is -0.391 e. The third kappa shape index (κ3) is 2.92. The van der Waals surface area contributed by atoms with Crippen molar-refractivity contribution in [2.24, 2.45) is 5.41 Å². The molecule has 0 radical (unpaired) electrons. The van der Waals surface area contributed by atoms with Gasteiger partial charge >= 0.3 is 5.69 Å². The lowest BCUT2D eigenvalue weighted by Gasteiger charge is -2.26. The van der Waals surface area contributed by atoms with Crippen LogP contribution in [0.4, 0.5) is 0 Å². The van der Waals surface area contributed by atoms with Crippen LogP contribution in [0.1, 0.15) is 32.2 Å². The number of aromatic nitrogens is 2. The van der Waals surface area contributed by atoms with Crippen molar-refractivity contribution in [2.75, 3.05) is 0 Å². The third-order valence-corrected chi connectivity index (χ3v) is 2.70. The van der Waals surface area contributed by atoms with E-state index in [1.807, 2.05) is 33.8 Å². The Kier molecular flexibility index (Phi) is 3.53. The Hall–Kier alpha value is -1.16. The second-order valence-corrected chi connectivity index (χ2v) is 5.31. The lowest BCUT2D eigenvalue weighted by molar-refractivity contribution is 0.0464. The van der Waals surface area contributed by atoms with Crippen LogP contribution in [0.15, 0.2) is 10.9 Å². The maximum absolute atomic E-state index is 11.7. The van der Waals surface area contributed by atoms with E-state index >= 15 is 0 Å². The van der Waals surface area contributed by atoms with Gasteiger partial charge in [0.05, 0.1) is 12.6 Å². The third-order valence-electron chi connectivity index (χ3n) is 2.70. The predicted octanol–water partition coefficient (Wildman–Crippen LogP) is 1.27. The zero-order valence-corrected chi connectivity index (χ0v) is 10.6. The van der Waals surface area contributed by atoms with E-state index in [1.54, 1.807) is 6.92 Å². The molecule has 0 aliphatic carbocycles. The van der Waals surface area contributed by atoms with Crippen LogP contribution >= 0.6 is 0 Å². The highest BCUT2D eigenvalue weighted by molar-refractivity contribution is 5.06. The Labute approximate surface area is 96.0 Å². The number of aliphatic hydroxyl groups excluding tert-OH is 1.